The number of unbranched alkanes of at least 4 members (excludes halogenated alkanes) is 13. The van der Waals surface area contributed by atoms with E-state index in [1.807, 2.05) is 0 Å². The maximum atomic E-state index is 12.2. The maximum absolute atomic E-state index is 12.2. The van der Waals surface area contributed by atoms with E-state index in [1.165, 1.54) is 95.2 Å². The highest BCUT2D eigenvalue weighted by Gasteiger charge is 2.20. The van der Waals surface area contributed by atoms with Gasteiger partial charge < -0.3 is 20.6 Å². The van der Waals surface area contributed by atoms with Crippen molar-refractivity contribution in [2.24, 2.45) is 0 Å². The van der Waals surface area contributed by atoms with Crippen molar-refractivity contribution in [2.75, 3.05) is 0 Å². The summed E-state index contributed by atoms with van der Waals surface area (Å²) in [5, 5.41) is 30.9. The second-order valence-corrected chi connectivity index (χ2v) is 9.53. The molecule has 0 aliphatic carbocycles. The van der Waals surface area contributed by atoms with Gasteiger partial charge >= 0.3 is 5.97 Å². The standard InChI is InChI=1S/C29H47NO5/c1-2-3-4-5-6-7-8-9-10-11-12-13-14-15-16-17-18-19-28(33)30-25(29(34)35)22-24-20-21-26(31)27(32)23-24/h9-10,20-21,23,25,31-32H,2-8,11-19,22H2,1H3,(H,30,33)(H,34,35)/b10-9-/t25-/m0/s1. The van der Waals surface area contributed by atoms with Crippen molar-refractivity contribution in [2.45, 2.75) is 122 Å². The number of carboxylic acid groups (broad SMARTS) is 1. The highest BCUT2D eigenvalue weighted by Crippen LogP contribution is 2.25. The molecule has 1 aromatic carbocycles. The number of aliphatic carboxylic acids is 1. The molecule has 198 valence electrons. The van der Waals surface area contributed by atoms with E-state index in [-0.39, 0.29) is 23.8 Å². The summed E-state index contributed by atoms with van der Waals surface area (Å²) in [5.74, 6) is -1.96. The largest absolute Gasteiger partial charge is 0.504 e. The van der Waals surface area contributed by atoms with Crippen molar-refractivity contribution in [1.82, 2.24) is 5.32 Å². The van der Waals surface area contributed by atoms with E-state index in [0.29, 0.717) is 12.0 Å². The maximum Gasteiger partial charge on any atom is 0.326 e. The summed E-state index contributed by atoms with van der Waals surface area (Å²) in [4.78, 5) is 23.7. The topological polar surface area (TPSA) is 107 Å². The summed E-state index contributed by atoms with van der Waals surface area (Å²) in [5.41, 5.74) is 0.529. The molecule has 35 heavy (non-hydrogen) atoms. The number of benzene rings is 1. The van der Waals surface area contributed by atoms with Gasteiger partial charge in [0.1, 0.15) is 6.04 Å². The summed E-state index contributed by atoms with van der Waals surface area (Å²) < 4.78 is 0. The zero-order chi connectivity index (χ0) is 25.7. The van der Waals surface area contributed by atoms with Gasteiger partial charge in [0.15, 0.2) is 11.5 Å². The average Bonchev–Trinajstić information content (AvgIpc) is 2.83. The zero-order valence-corrected chi connectivity index (χ0v) is 21.6. The molecule has 1 atom stereocenters. The van der Waals surface area contributed by atoms with Crippen molar-refractivity contribution >= 4 is 11.9 Å². The van der Waals surface area contributed by atoms with Crippen LogP contribution in [-0.2, 0) is 16.0 Å². The van der Waals surface area contributed by atoms with E-state index >= 15 is 0 Å². The molecule has 6 heteroatoms. The molecule has 0 fully saturated rings. The van der Waals surface area contributed by atoms with Crippen LogP contribution in [0.3, 0.4) is 0 Å². The number of rotatable bonds is 21. The van der Waals surface area contributed by atoms with Gasteiger partial charge in [0.25, 0.3) is 0 Å². The Labute approximate surface area is 211 Å². The van der Waals surface area contributed by atoms with Gasteiger partial charge in [-0.25, -0.2) is 4.79 Å². The lowest BCUT2D eigenvalue weighted by atomic mass is 10.0. The van der Waals surface area contributed by atoms with Gasteiger partial charge in [0.2, 0.25) is 5.91 Å². The predicted octanol–water partition coefficient (Wildman–Crippen LogP) is 7.03. The first-order chi connectivity index (χ1) is 16.9. The van der Waals surface area contributed by atoms with Crippen LogP contribution in [-0.4, -0.2) is 33.2 Å². The highest BCUT2D eigenvalue weighted by molar-refractivity contribution is 5.83. The first-order valence-corrected chi connectivity index (χ1v) is 13.6. The molecule has 1 amide bonds. The summed E-state index contributed by atoms with van der Waals surface area (Å²) in [6, 6.07) is 3.08. The molecule has 0 aromatic heterocycles. The molecule has 0 saturated carbocycles. The first-order valence-electron chi connectivity index (χ1n) is 13.6. The fraction of sp³-hybridized carbons (Fsp3) is 0.655. The van der Waals surface area contributed by atoms with Crippen LogP contribution in [0.5, 0.6) is 11.5 Å². The SMILES string of the molecule is CCCCCCCC/C=C\CCCCCCCCCC(=O)N[C@@H](Cc1ccc(O)c(O)c1)C(=O)O. The van der Waals surface area contributed by atoms with Crippen molar-refractivity contribution in [1.29, 1.82) is 0 Å². The predicted molar refractivity (Wildman–Crippen MR) is 142 cm³/mol. The van der Waals surface area contributed by atoms with Gasteiger partial charge in [-0.2, -0.15) is 0 Å². The normalized spacial score (nSPS) is 12.1. The minimum Gasteiger partial charge on any atom is -0.504 e. The van der Waals surface area contributed by atoms with Crippen LogP contribution in [0.15, 0.2) is 30.4 Å². The number of amides is 1. The molecule has 0 bridgehead atoms. The first kappa shape index (κ1) is 30.5. The van der Waals surface area contributed by atoms with Crippen LogP contribution in [0, 0.1) is 0 Å². The van der Waals surface area contributed by atoms with Gasteiger partial charge in [-0.05, 0) is 49.8 Å². The second kappa shape index (κ2) is 19.8. The third-order valence-corrected chi connectivity index (χ3v) is 6.28. The number of allylic oxidation sites excluding steroid dienone is 2. The molecule has 6 nitrogen and oxygen atoms in total. The number of hydrogen-bond acceptors (Lipinski definition) is 4. The number of nitrogens with one attached hydrogen (secondary N) is 1. The van der Waals surface area contributed by atoms with Crippen molar-refractivity contribution in [3.63, 3.8) is 0 Å². The van der Waals surface area contributed by atoms with Crippen molar-refractivity contribution < 1.29 is 24.9 Å². The van der Waals surface area contributed by atoms with E-state index in [9.17, 15) is 24.9 Å². The molecule has 0 saturated heterocycles. The summed E-state index contributed by atoms with van der Waals surface area (Å²) in [6.07, 6.45) is 23.2. The molecule has 1 rings (SSSR count). The third-order valence-electron chi connectivity index (χ3n) is 6.28. The molecular weight excluding hydrogens is 442 g/mol. The third kappa shape index (κ3) is 15.9. The smallest absolute Gasteiger partial charge is 0.326 e. The van der Waals surface area contributed by atoms with Crippen LogP contribution in [0.1, 0.15) is 115 Å². The van der Waals surface area contributed by atoms with Crippen LogP contribution < -0.4 is 5.32 Å². The average molecular weight is 490 g/mol. The van der Waals surface area contributed by atoms with Gasteiger partial charge in [0, 0.05) is 12.8 Å². The Hall–Kier alpha value is -2.50. The van der Waals surface area contributed by atoms with Gasteiger partial charge in [-0.3, -0.25) is 4.79 Å². The Morgan fingerprint density at radius 3 is 1.89 bits per heavy atom. The Kier molecular flexibility index (Phi) is 17.2. The molecule has 0 aliphatic heterocycles. The van der Waals surface area contributed by atoms with Gasteiger partial charge in [-0.1, -0.05) is 89.4 Å². The Morgan fingerprint density at radius 1 is 0.800 bits per heavy atom. The lowest BCUT2D eigenvalue weighted by molar-refractivity contribution is -0.141. The number of carbonyl (C=O) groups excluding carboxylic acids is 1. The van der Waals surface area contributed by atoms with Gasteiger partial charge in [-0.15, -0.1) is 0 Å². The molecule has 0 unspecified atom stereocenters. The molecule has 1 aromatic rings. The Morgan fingerprint density at radius 2 is 1.34 bits per heavy atom. The zero-order valence-electron chi connectivity index (χ0n) is 21.6. The minimum atomic E-state index is -1.12. The minimum absolute atomic E-state index is 0.0448. The number of phenols is 2. The molecule has 0 spiro atoms. The quantitative estimate of drug-likeness (QED) is 0.0842. The molecule has 4 N–H and O–H groups in total. The number of phenolic OH excluding ortho intramolecular Hbond substituents is 2. The van der Waals surface area contributed by atoms with E-state index in [2.05, 4.69) is 24.4 Å². The van der Waals surface area contributed by atoms with E-state index in [1.54, 1.807) is 0 Å². The fourth-order valence-electron chi connectivity index (χ4n) is 4.11. The highest BCUT2D eigenvalue weighted by atomic mass is 16.4. The summed E-state index contributed by atoms with van der Waals surface area (Å²) >= 11 is 0. The van der Waals surface area contributed by atoms with E-state index in [0.717, 1.165) is 19.3 Å². The van der Waals surface area contributed by atoms with Crippen molar-refractivity contribution in [3.05, 3.63) is 35.9 Å². The summed E-state index contributed by atoms with van der Waals surface area (Å²) in [6.45, 7) is 2.25. The molecule has 0 aliphatic rings. The Bertz CT molecular complexity index is 747. The van der Waals surface area contributed by atoms with E-state index < -0.39 is 12.0 Å². The number of carboxylic acids is 1. The second-order valence-electron chi connectivity index (χ2n) is 9.53. The number of hydrogen-bond donors (Lipinski definition) is 4. The lowest BCUT2D eigenvalue weighted by Gasteiger charge is -2.15. The van der Waals surface area contributed by atoms with E-state index in [4.69, 9.17) is 0 Å². The number of aromatic hydroxyl groups is 2. The molecular formula is C29H47NO5. The van der Waals surface area contributed by atoms with Crippen LogP contribution in [0.4, 0.5) is 0 Å². The van der Waals surface area contributed by atoms with Crippen LogP contribution in [0.2, 0.25) is 0 Å². The lowest BCUT2D eigenvalue weighted by Crippen LogP contribution is -2.42. The Balaban J connectivity index is 2.02. The van der Waals surface area contributed by atoms with Crippen molar-refractivity contribution in [3.8, 4) is 11.5 Å². The molecule has 0 heterocycles. The van der Waals surface area contributed by atoms with Crippen LogP contribution in [0.25, 0.3) is 0 Å². The summed E-state index contributed by atoms with van der Waals surface area (Å²) in [7, 11) is 0. The molecule has 0 radical (unpaired) electrons. The number of carbonyl (C=O) groups is 2. The van der Waals surface area contributed by atoms with Gasteiger partial charge in [0.05, 0.1) is 0 Å². The van der Waals surface area contributed by atoms with Crippen LogP contribution >= 0.6 is 0 Å². The monoisotopic (exact) mass is 489 g/mol. The fourth-order valence-corrected chi connectivity index (χ4v) is 4.11.